The highest BCUT2D eigenvalue weighted by molar-refractivity contribution is 6.17. The number of hydrogen-bond acceptors (Lipinski definition) is 2. The number of unbranched alkanes of at least 4 members (excludes halogenated alkanes) is 1. The van der Waals surface area contributed by atoms with E-state index in [0.717, 1.165) is 6.42 Å². The molecule has 0 aliphatic rings. The van der Waals surface area contributed by atoms with Crippen LogP contribution in [-0.2, 0) is 0 Å². The highest BCUT2D eigenvalue weighted by Gasteiger charge is 2.12. The van der Waals surface area contributed by atoms with Gasteiger partial charge in [0.2, 0.25) is 0 Å². The van der Waals surface area contributed by atoms with E-state index in [1.165, 1.54) is 25.3 Å². The Labute approximate surface area is 99.4 Å². The summed E-state index contributed by atoms with van der Waals surface area (Å²) in [5.74, 6) is 0.410. The first kappa shape index (κ1) is 13.0. The Hall–Kier alpha value is -1.09. The number of methoxy groups -OCH3 is 1. The van der Waals surface area contributed by atoms with Gasteiger partial charge in [-0.05, 0) is 31.0 Å². The third-order valence-electron chi connectivity index (χ3n) is 2.25. The third kappa shape index (κ3) is 3.49. The molecule has 0 spiro atoms. The first-order chi connectivity index (χ1) is 7.69. The Balaban J connectivity index is 2.76. The molecule has 0 aliphatic heterocycles. The second-order valence-electron chi connectivity index (χ2n) is 3.41. The molecule has 1 aromatic carbocycles. The number of carbonyl (C=O) groups excluding carboxylic acids is 1. The van der Waals surface area contributed by atoms with Gasteiger partial charge >= 0.3 is 0 Å². The zero-order chi connectivity index (χ0) is 12.0. The number of hydrogen-bond donors (Lipinski definition) is 0. The summed E-state index contributed by atoms with van der Waals surface area (Å²) in [6.07, 6.45) is 1.86. The topological polar surface area (TPSA) is 26.3 Å². The summed E-state index contributed by atoms with van der Waals surface area (Å²) in [6.45, 7) is 0. The van der Waals surface area contributed by atoms with Crippen molar-refractivity contribution >= 4 is 17.4 Å². The van der Waals surface area contributed by atoms with Crippen molar-refractivity contribution in [2.24, 2.45) is 0 Å². The predicted octanol–water partition coefficient (Wildman–Crippen LogP) is 3.43. The molecule has 0 aromatic heterocycles. The standard InChI is InChI=1S/C12H14ClFO2/c1-16-12-6-5-9(14)8-10(12)11(15)4-2-3-7-13/h5-6,8H,2-4,7H2,1H3. The van der Waals surface area contributed by atoms with Crippen molar-refractivity contribution in [3.63, 3.8) is 0 Å². The van der Waals surface area contributed by atoms with E-state index >= 15 is 0 Å². The highest BCUT2D eigenvalue weighted by atomic mass is 35.5. The molecule has 0 atom stereocenters. The monoisotopic (exact) mass is 244 g/mol. The van der Waals surface area contributed by atoms with Crippen molar-refractivity contribution in [2.45, 2.75) is 19.3 Å². The first-order valence-electron chi connectivity index (χ1n) is 5.11. The fourth-order valence-corrected chi connectivity index (χ4v) is 1.60. The lowest BCUT2D eigenvalue weighted by molar-refractivity contribution is 0.0976. The average Bonchev–Trinajstić information content (AvgIpc) is 2.29. The summed E-state index contributed by atoms with van der Waals surface area (Å²) in [4.78, 5) is 11.8. The zero-order valence-electron chi connectivity index (χ0n) is 9.13. The number of rotatable bonds is 6. The maximum absolute atomic E-state index is 13.0. The molecule has 0 N–H and O–H groups in total. The largest absolute Gasteiger partial charge is 0.496 e. The second-order valence-corrected chi connectivity index (χ2v) is 3.79. The molecule has 0 heterocycles. The Bertz CT molecular complexity index is 366. The van der Waals surface area contributed by atoms with Crippen LogP contribution in [0, 0.1) is 5.82 Å². The van der Waals surface area contributed by atoms with Crippen LogP contribution in [0.3, 0.4) is 0 Å². The SMILES string of the molecule is COc1ccc(F)cc1C(=O)CCCCCl. The van der Waals surface area contributed by atoms with E-state index in [1.54, 1.807) is 0 Å². The van der Waals surface area contributed by atoms with Gasteiger partial charge in [-0.15, -0.1) is 11.6 Å². The van der Waals surface area contributed by atoms with E-state index < -0.39 is 5.82 Å². The van der Waals surface area contributed by atoms with Gasteiger partial charge in [-0.1, -0.05) is 0 Å². The van der Waals surface area contributed by atoms with E-state index in [4.69, 9.17) is 16.3 Å². The van der Waals surface area contributed by atoms with Crippen LogP contribution in [-0.4, -0.2) is 18.8 Å². The lowest BCUT2D eigenvalue weighted by Gasteiger charge is -2.07. The van der Waals surface area contributed by atoms with Crippen molar-refractivity contribution in [1.29, 1.82) is 0 Å². The summed E-state index contributed by atoms with van der Waals surface area (Å²) in [7, 11) is 1.46. The van der Waals surface area contributed by atoms with E-state index in [-0.39, 0.29) is 5.78 Å². The summed E-state index contributed by atoms with van der Waals surface area (Å²) in [5.41, 5.74) is 0.303. The van der Waals surface area contributed by atoms with Crippen LogP contribution in [0.5, 0.6) is 5.75 Å². The molecule has 0 bridgehead atoms. The van der Waals surface area contributed by atoms with Crippen LogP contribution in [0.15, 0.2) is 18.2 Å². The van der Waals surface area contributed by atoms with E-state index in [2.05, 4.69) is 0 Å². The van der Waals surface area contributed by atoms with Crippen molar-refractivity contribution in [3.05, 3.63) is 29.6 Å². The third-order valence-corrected chi connectivity index (χ3v) is 2.52. The molecule has 0 aliphatic carbocycles. The predicted molar refractivity (Wildman–Crippen MR) is 61.9 cm³/mol. The molecule has 0 radical (unpaired) electrons. The average molecular weight is 245 g/mol. The van der Waals surface area contributed by atoms with Gasteiger partial charge in [0.1, 0.15) is 11.6 Å². The number of benzene rings is 1. The van der Waals surface area contributed by atoms with E-state index in [9.17, 15) is 9.18 Å². The smallest absolute Gasteiger partial charge is 0.166 e. The fraction of sp³-hybridized carbons (Fsp3) is 0.417. The molecule has 1 rings (SSSR count). The van der Waals surface area contributed by atoms with Gasteiger partial charge in [0.25, 0.3) is 0 Å². The van der Waals surface area contributed by atoms with Gasteiger partial charge < -0.3 is 4.74 Å². The molecule has 0 amide bonds. The highest BCUT2D eigenvalue weighted by Crippen LogP contribution is 2.21. The molecule has 16 heavy (non-hydrogen) atoms. The number of halogens is 2. The summed E-state index contributed by atoms with van der Waals surface area (Å²) >= 11 is 5.52. The Kier molecular flexibility index (Phi) is 5.26. The number of carbonyl (C=O) groups is 1. The molecule has 1 aromatic rings. The van der Waals surface area contributed by atoms with Crippen molar-refractivity contribution in [1.82, 2.24) is 0 Å². The summed E-state index contributed by atoms with van der Waals surface area (Å²) < 4.78 is 18.0. The fourth-order valence-electron chi connectivity index (χ4n) is 1.41. The Morgan fingerprint density at radius 1 is 1.44 bits per heavy atom. The van der Waals surface area contributed by atoms with Gasteiger partial charge in [0, 0.05) is 12.3 Å². The lowest BCUT2D eigenvalue weighted by Crippen LogP contribution is -2.03. The molecule has 2 nitrogen and oxygen atoms in total. The minimum absolute atomic E-state index is 0.110. The quantitative estimate of drug-likeness (QED) is 0.435. The molecule has 4 heteroatoms. The van der Waals surface area contributed by atoms with Crippen LogP contribution in [0.1, 0.15) is 29.6 Å². The van der Waals surface area contributed by atoms with E-state index in [1.807, 2.05) is 0 Å². The number of Topliss-reactive ketones (excluding diaryl/α,β-unsaturated/α-hetero) is 1. The molecule has 88 valence electrons. The van der Waals surface area contributed by atoms with Crippen molar-refractivity contribution < 1.29 is 13.9 Å². The Morgan fingerprint density at radius 3 is 2.81 bits per heavy atom. The van der Waals surface area contributed by atoms with Gasteiger partial charge in [-0.25, -0.2) is 4.39 Å². The van der Waals surface area contributed by atoms with Crippen LogP contribution in [0.25, 0.3) is 0 Å². The zero-order valence-corrected chi connectivity index (χ0v) is 9.89. The summed E-state index contributed by atoms with van der Waals surface area (Å²) in [6, 6.07) is 3.94. The second kappa shape index (κ2) is 6.48. The van der Waals surface area contributed by atoms with Gasteiger partial charge in [-0.2, -0.15) is 0 Å². The number of alkyl halides is 1. The molecular weight excluding hydrogens is 231 g/mol. The number of ketones is 1. The van der Waals surface area contributed by atoms with Crippen molar-refractivity contribution in [2.75, 3.05) is 13.0 Å². The maximum atomic E-state index is 13.0. The molecule has 0 saturated heterocycles. The molecule has 0 unspecified atom stereocenters. The number of ether oxygens (including phenoxy) is 1. The van der Waals surface area contributed by atoms with Gasteiger partial charge in [-0.3, -0.25) is 4.79 Å². The lowest BCUT2D eigenvalue weighted by atomic mass is 10.0. The minimum atomic E-state index is -0.429. The Morgan fingerprint density at radius 2 is 2.19 bits per heavy atom. The van der Waals surface area contributed by atoms with Crippen LogP contribution in [0.2, 0.25) is 0 Å². The van der Waals surface area contributed by atoms with Crippen molar-refractivity contribution in [3.8, 4) is 5.75 Å². The normalized spacial score (nSPS) is 10.2. The minimum Gasteiger partial charge on any atom is -0.496 e. The molecule has 0 saturated carbocycles. The van der Waals surface area contributed by atoms with Gasteiger partial charge in [0.05, 0.1) is 12.7 Å². The molecular formula is C12H14ClFO2. The van der Waals surface area contributed by atoms with E-state index in [0.29, 0.717) is 30.0 Å². The van der Waals surface area contributed by atoms with Crippen LogP contribution in [0.4, 0.5) is 4.39 Å². The van der Waals surface area contributed by atoms with Crippen LogP contribution >= 0.6 is 11.6 Å². The summed E-state index contributed by atoms with van der Waals surface area (Å²) in [5, 5.41) is 0. The molecule has 0 fully saturated rings. The first-order valence-corrected chi connectivity index (χ1v) is 5.65. The maximum Gasteiger partial charge on any atom is 0.166 e. The van der Waals surface area contributed by atoms with Gasteiger partial charge in [0.15, 0.2) is 5.78 Å². The van der Waals surface area contributed by atoms with Crippen LogP contribution < -0.4 is 4.74 Å².